The molecule has 0 radical (unpaired) electrons. The second-order valence-electron chi connectivity index (χ2n) is 6.50. The van der Waals surface area contributed by atoms with Crippen molar-refractivity contribution in [2.24, 2.45) is 5.92 Å². The first-order valence-corrected chi connectivity index (χ1v) is 8.61. The van der Waals surface area contributed by atoms with Crippen LogP contribution in [0.1, 0.15) is 36.4 Å². The maximum Gasteiger partial charge on any atom is 0.329 e. The zero-order chi connectivity index (χ0) is 19.8. The van der Waals surface area contributed by atoms with Crippen LogP contribution in [-0.4, -0.2) is 35.6 Å². The van der Waals surface area contributed by atoms with E-state index in [4.69, 9.17) is 9.26 Å². The largest absolute Gasteiger partial charge is 0.454 e. The minimum atomic E-state index is -0.847. The van der Waals surface area contributed by atoms with E-state index in [2.05, 4.69) is 15.8 Å². The van der Waals surface area contributed by atoms with Crippen LogP contribution in [0.25, 0.3) is 0 Å². The Balaban J connectivity index is 1.91. The van der Waals surface area contributed by atoms with Crippen LogP contribution < -0.4 is 10.6 Å². The van der Waals surface area contributed by atoms with Crippen molar-refractivity contribution in [3.8, 4) is 0 Å². The Kier molecular flexibility index (Phi) is 7.10. The van der Waals surface area contributed by atoms with E-state index in [-0.39, 0.29) is 17.6 Å². The topological polar surface area (TPSA) is 111 Å². The van der Waals surface area contributed by atoms with Gasteiger partial charge in [-0.3, -0.25) is 9.59 Å². The summed E-state index contributed by atoms with van der Waals surface area (Å²) in [7, 11) is 0. The molecule has 8 nitrogen and oxygen atoms in total. The Bertz CT molecular complexity index is 786. The first kappa shape index (κ1) is 20.2. The highest BCUT2D eigenvalue weighted by Gasteiger charge is 2.24. The van der Waals surface area contributed by atoms with Gasteiger partial charge in [-0.2, -0.15) is 0 Å². The molecular formula is C19H23N3O5. The average Bonchev–Trinajstić information content (AvgIpc) is 3.04. The van der Waals surface area contributed by atoms with Gasteiger partial charge in [-0.15, -0.1) is 0 Å². The van der Waals surface area contributed by atoms with Gasteiger partial charge in [0.05, 0.1) is 0 Å². The number of esters is 1. The fourth-order valence-corrected chi connectivity index (χ4v) is 2.36. The van der Waals surface area contributed by atoms with Gasteiger partial charge >= 0.3 is 5.97 Å². The standard InChI is InChI=1S/C19H23N3O5/c1-12(2)9-15(20-18(24)14-7-5-4-6-8-14)19(25)26-11-17(23)21-16-10-13(3)27-22-16/h4-8,10,12,15H,9,11H2,1-3H3,(H,20,24)(H,21,22,23)/t15-/m1/s1. The van der Waals surface area contributed by atoms with Crippen molar-refractivity contribution in [3.05, 3.63) is 47.7 Å². The number of benzene rings is 1. The number of anilines is 1. The molecule has 2 amide bonds. The fraction of sp³-hybridized carbons (Fsp3) is 0.368. The van der Waals surface area contributed by atoms with Gasteiger partial charge in [-0.1, -0.05) is 37.2 Å². The summed E-state index contributed by atoms with van der Waals surface area (Å²) >= 11 is 0. The number of aromatic nitrogens is 1. The Morgan fingerprint density at radius 3 is 2.48 bits per heavy atom. The second-order valence-corrected chi connectivity index (χ2v) is 6.50. The van der Waals surface area contributed by atoms with Gasteiger partial charge in [0, 0.05) is 11.6 Å². The van der Waals surface area contributed by atoms with E-state index >= 15 is 0 Å². The van der Waals surface area contributed by atoms with Crippen molar-refractivity contribution in [1.82, 2.24) is 10.5 Å². The van der Waals surface area contributed by atoms with E-state index in [1.807, 2.05) is 13.8 Å². The minimum absolute atomic E-state index is 0.144. The summed E-state index contributed by atoms with van der Waals surface area (Å²) in [6.45, 7) is 5.05. The molecule has 144 valence electrons. The lowest BCUT2D eigenvalue weighted by Crippen LogP contribution is -2.43. The highest BCUT2D eigenvalue weighted by molar-refractivity contribution is 5.97. The molecule has 0 aliphatic heterocycles. The van der Waals surface area contributed by atoms with Crippen molar-refractivity contribution < 1.29 is 23.6 Å². The molecule has 1 heterocycles. The molecule has 0 fully saturated rings. The number of hydrogen-bond donors (Lipinski definition) is 2. The van der Waals surface area contributed by atoms with Crippen LogP contribution in [0, 0.1) is 12.8 Å². The van der Waals surface area contributed by atoms with Gasteiger partial charge in [0.15, 0.2) is 12.4 Å². The molecular weight excluding hydrogens is 350 g/mol. The van der Waals surface area contributed by atoms with E-state index in [0.29, 0.717) is 17.7 Å². The zero-order valence-corrected chi connectivity index (χ0v) is 15.5. The molecule has 0 aliphatic rings. The fourth-order valence-electron chi connectivity index (χ4n) is 2.36. The van der Waals surface area contributed by atoms with Crippen LogP contribution in [0.2, 0.25) is 0 Å². The van der Waals surface area contributed by atoms with Gasteiger partial charge in [-0.05, 0) is 31.4 Å². The summed E-state index contributed by atoms with van der Waals surface area (Å²) in [6, 6.07) is 9.27. The lowest BCUT2D eigenvalue weighted by atomic mass is 10.0. The van der Waals surface area contributed by atoms with E-state index in [9.17, 15) is 14.4 Å². The highest BCUT2D eigenvalue weighted by Crippen LogP contribution is 2.09. The number of ether oxygens (including phenoxy) is 1. The van der Waals surface area contributed by atoms with Gasteiger partial charge in [0.1, 0.15) is 11.8 Å². The third-order valence-electron chi connectivity index (χ3n) is 3.57. The third kappa shape index (κ3) is 6.58. The third-order valence-corrected chi connectivity index (χ3v) is 3.57. The molecule has 8 heteroatoms. The van der Waals surface area contributed by atoms with Crippen molar-refractivity contribution in [1.29, 1.82) is 0 Å². The zero-order valence-electron chi connectivity index (χ0n) is 15.5. The summed E-state index contributed by atoms with van der Waals surface area (Å²) in [6.07, 6.45) is 0.390. The molecule has 1 aromatic heterocycles. The van der Waals surface area contributed by atoms with Gasteiger partial charge in [-0.25, -0.2) is 4.79 Å². The van der Waals surface area contributed by atoms with Gasteiger partial charge < -0.3 is 19.9 Å². The van der Waals surface area contributed by atoms with Gasteiger partial charge in [0.2, 0.25) is 0 Å². The molecule has 0 bridgehead atoms. The van der Waals surface area contributed by atoms with E-state index in [1.165, 1.54) is 0 Å². The molecule has 0 saturated heterocycles. The molecule has 2 aromatic rings. The van der Waals surface area contributed by atoms with Crippen LogP contribution in [0.5, 0.6) is 0 Å². The predicted molar refractivity (Wildman–Crippen MR) is 98.0 cm³/mol. The number of hydrogen-bond acceptors (Lipinski definition) is 6. The summed E-state index contributed by atoms with van der Waals surface area (Å²) in [5.41, 5.74) is 0.443. The number of nitrogens with zero attached hydrogens (tertiary/aromatic N) is 1. The van der Waals surface area contributed by atoms with Crippen LogP contribution in [0.15, 0.2) is 40.9 Å². The summed E-state index contributed by atoms with van der Waals surface area (Å²) in [4.78, 5) is 36.5. The summed E-state index contributed by atoms with van der Waals surface area (Å²) in [5, 5.41) is 8.75. The van der Waals surface area contributed by atoms with Crippen molar-refractivity contribution in [2.45, 2.75) is 33.2 Å². The lowest BCUT2D eigenvalue weighted by molar-refractivity contribution is -0.149. The van der Waals surface area contributed by atoms with E-state index < -0.39 is 24.5 Å². The number of aryl methyl sites for hydroxylation is 1. The molecule has 1 aromatic carbocycles. The molecule has 0 unspecified atom stereocenters. The minimum Gasteiger partial charge on any atom is -0.454 e. The Hall–Kier alpha value is -3.16. The molecule has 2 N–H and O–H groups in total. The van der Waals surface area contributed by atoms with E-state index in [0.717, 1.165) is 0 Å². The number of amides is 2. The normalized spacial score (nSPS) is 11.7. The van der Waals surface area contributed by atoms with Crippen molar-refractivity contribution in [3.63, 3.8) is 0 Å². The van der Waals surface area contributed by atoms with Crippen molar-refractivity contribution >= 4 is 23.6 Å². The number of rotatable bonds is 8. The van der Waals surface area contributed by atoms with Crippen LogP contribution in [0.3, 0.4) is 0 Å². The molecule has 0 saturated carbocycles. The van der Waals surface area contributed by atoms with Crippen LogP contribution in [0.4, 0.5) is 5.82 Å². The number of carbonyl (C=O) groups excluding carboxylic acids is 3. The Morgan fingerprint density at radius 1 is 1.19 bits per heavy atom. The van der Waals surface area contributed by atoms with Crippen LogP contribution in [-0.2, 0) is 14.3 Å². The molecule has 0 spiro atoms. The molecule has 27 heavy (non-hydrogen) atoms. The van der Waals surface area contributed by atoms with Crippen molar-refractivity contribution in [2.75, 3.05) is 11.9 Å². The Labute approximate surface area is 157 Å². The average molecular weight is 373 g/mol. The molecule has 2 rings (SSSR count). The van der Waals surface area contributed by atoms with Crippen LogP contribution >= 0.6 is 0 Å². The predicted octanol–water partition coefficient (Wildman–Crippen LogP) is 2.31. The molecule has 1 atom stereocenters. The number of carbonyl (C=O) groups is 3. The SMILES string of the molecule is Cc1cc(NC(=O)COC(=O)[C@@H](CC(C)C)NC(=O)c2ccccc2)no1. The van der Waals surface area contributed by atoms with Gasteiger partial charge in [0.25, 0.3) is 11.8 Å². The maximum absolute atomic E-state index is 12.4. The van der Waals surface area contributed by atoms with E-state index in [1.54, 1.807) is 43.3 Å². The highest BCUT2D eigenvalue weighted by atomic mass is 16.5. The number of nitrogens with one attached hydrogen (secondary N) is 2. The summed E-state index contributed by atoms with van der Waals surface area (Å²) in [5.74, 6) is -0.660. The smallest absolute Gasteiger partial charge is 0.329 e. The second kappa shape index (κ2) is 9.51. The summed E-state index contributed by atoms with van der Waals surface area (Å²) < 4.78 is 9.90. The first-order chi connectivity index (χ1) is 12.8. The maximum atomic E-state index is 12.4. The quantitative estimate of drug-likeness (QED) is 0.687. The monoisotopic (exact) mass is 373 g/mol. The Morgan fingerprint density at radius 2 is 1.89 bits per heavy atom. The molecule has 0 aliphatic carbocycles. The lowest BCUT2D eigenvalue weighted by Gasteiger charge is -2.19. The first-order valence-electron chi connectivity index (χ1n) is 8.61.